The molecule has 2 aromatic carbocycles. The van der Waals surface area contributed by atoms with E-state index in [9.17, 15) is 27.6 Å². The van der Waals surface area contributed by atoms with Crippen LogP contribution in [0.4, 0.5) is 18.0 Å². The van der Waals surface area contributed by atoms with Gasteiger partial charge in [0.05, 0.1) is 5.41 Å². The SMILES string of the molecule is O=C(O)CN(CC(F)(F)F)C(=O)C1(CNC(=O)OCC2c3ccccc3-c3ccccc32)CCC1. The molecule has 2 aromatic rings. The molecule has 2 amide bonds. The number of fused-ring (bicyclic) bond motifs is 3. The van der Waals surface area contributed by atoms with Gasteiger partial charge in [0.2, 0.25) is 5.91 Å². The average Bonchev–Trinajstić information content (AvgIpc) is 3.09. The number of hydrogen-bond donors (Lipinski definition) is 2. The van der Waals surface area contributed by atoms with E-state index in [1.54, 1.807) is 0 Å². The Labute approximate surface area is 199 Å². The Kier molecular flexibility index (Phi) is 6.73. The standard InChI is InChI=1S/C25H25F3N2O5/c26-25(27,28)15-30(12-21(31)32)22(33)24(10-5-11-24)14-29-23(34)35-13-20-18-8-3-1-6-16(18)17-7-2-4-9-19(17)20/h1-4,6-9,20H,5,10-15H2,(H,29,34)(H,31,32). The summed E-state index contributed by atoms with van der Waals surface area (Å²) >= 11 is 0. The van der Waals surface area contributed by atoms with Crippen LogP contribution in [-0.2, 0) is 14.3 Å². The molecule has 0 bridgehead atoms. The van der Waals surface area contributed by atoms with Gasteiger partial charge in [-0.1, -0.05) is 55.0 Å². The van der Waals surface area contributed by atoms with E-state index in [2.05, 4.69) is 5.32 Å². The van der Waals surface area contributed by atoms with Gasteiger partial charge >= 0.3 is 18.2 Å². The molecule has 0 spiro atoms. The molecule has 0 atom stereocenters. The Morgan fingerprint density at radius 1 is 1.03 bits per heavy atom. The molecule has 10 heteroatoms. The van der Waals surface area contributed by atoms with Crippen LogP contribution in [0.5, 0.6) is 0 Å². The Morgan fingerprint density at radius 3 is 2.09 bits per heavy atom. The number of nitrogens with zero attached hydrogens (tertiary/aromatic N) is 1. The van der Waals surface area contributed by atoms with E-state index in [1.807, 2.05) is 48.5 Å². The van der Waals surface area contributed by atoms with Crippen molar-refractivity contribution in [2.45, 2.75) is 31.4 Å². The van der Waals surface area contributed by atoms with Gasteiger partial charge in [0.1, 0.15) is 19.7 Å². The molecule has 4 rings (SSSR count). The lowest BCUT2D eigenvalue weighted by Gasteiger charge is -2.43. The molecule has 0 radical (unpaired) electrons. The highest BCUT2D eigenvalue weighted by molar-refractivity contribution is 5.87. The monoisotopic (exact) mass is 490 g/mol. The van der Waals surface area contributed by atoms with Crippen LogP contribution in [0.3, 0.4) is 0 Å². The number of alkyl carbamates (subject to hydrolysis) is 1. The van der Waals surface area contributed by atoms with Crippen molar-refractivity contribution in [2.24, 2.45) is 5.41 Å². The number of aliphatic carboxylic acids is 1. The van der Waals surface area contributed by atoms with Crippen molar-refractivity contribution in [3.63, 3.8) is 0 Å². The topological polar surface area (TPSA) is 95.9 Å². The van der Waals surface area contributed by atoms with Crippen molar-refractivity contribution < 1.29 is 37.4 Å². The number of benzene rings is 2. The highest BCUT2D eigenvalue weighted by Crippen LogP contribution is 2.45. The summed E-state index contributed by atoms with van der Waals surface area (Å²) in [6.07, 6.45) is -4.43. The van der Waals surface area contributed by atoms with Crippen LogP contribution in [0.2, 0.25) is 0 Å². The first-order chi connectivity index (χ1) is 16.6. The van der Waals surface area contributed by atoms with Crippen molar-refractivity contribution >= 4 is 18.0 Å². The van der Waals surface area contributed by atoms with E-state index < -0.39 is 42.7 Å². The molecular formula is C25H25F3N2O5. The highest BCUT2D eigenvalue weighted by atomic mass is 19.4. The third-order valence-corrected chi connectivity index (χ3v) is 6.66. The third kappa shape index (κ3) is 5.26. The Morgan fingerprint density at radius 2 is 1.60 bits per heavy atom. The average molecular weight is 490 g/mol. The number of rotatable bonds is 8. The zero-order valence-electron chi connectivity index (χ0n) is 18.8. The normalized spacial score (nSPS) is 16.0. The molecule has 2 aliphatic carbocycles. The summed E-state index contributed by atoms with van der Waals surface area (Å²) in [5.74, 6) is -2.63. The predicted molar refractivity (Wildman–Crippen MR) is 120 cm³/mol. The number of carbonyl (C=O) groups excluding carboxylic acids is 2. The number of carbonyl (C=O) groups is 3. The summed E-state index contributed by atoms with van der Waals surface area (Å²) in [5.41, 5.74) is 2.93. The Bertz CT molecular complexity index is 1080. The molecule has 35 heavy (non-hydrogen) atoms. The van der Waals surface area contributed by atoms with E-state index in [0.717, 1.165) is 22.3 Å². The van der Waals surface area contributed by atoms with Crippen LogP contribution >= 0.6 is 0 Å². The van der Waals surface area contributed by atoms with Gasteiger partial charge in [-0.3, -0.25) is 9.59 Å². The summed E-state index contributed by atoms with van der Waals surface area (Å²) < 4.78 is 44.2. The molecular weight excluding hydrogens is 465 g/mol. The number of halogens is 3. The fourth-order valence-electron chi connectivity index (χ4n) is 4.88. The Balaban J connectivity index is 1.39. The number of carboxylic acid groups (broad SMARTS) is 1. The van der Waals surface area contributed by atoms with Crippen molar-refractivity contribution in [1.82, 2.24) is 10.2 Å². The second-order valence-corrected chi connectivity index (χ2v) is 8.98. The number of hydrogen-bond acceptors (Lipinski definition) is 4. The van der Waals surface area contributed by atoms with Crippen LogP contribution in [0.15, 0.2) is 48.5 Å². The van der Waals surface area contributed by atoms with E-state index >= 15 is 0 Å². The van der Waals surface area contributed by atoms with Crippen LogP contribution in [0.25, 0.3) is 11.1 Å². The minimum atomic E-state index is -4.74. The fourth-order valence-corrected chi connectivity index (χ4v) is 4.88. The highest BCUT2D eigenvalue weighted by Gasteiger charge is 2.48. The van der Waals surface area contributed by atoms with E-state index in [-0.39, 0.29) is 31.9 Å². The van der Waals surface area contributed by atoms with Gasteiger partial charge in [0.15, 0.2) is 0 Å². The minimum Gasteiger partial charge on any atom is -0.480 e. The summed E-state index contributed by atoms with van der Waals surface area (Å²) in [6.45, 7) is -2.90. The van der Waals surface area contributed by atoms with E-state index in [0.29, 0.717) is 11.3 Å². The molecule has 2 N–H and O–H groups in total. The van der Waals surface area contributed by atoms with Crippen LogP contribution in [0.1, 0.15) is 36.3 Å². The number of alkyl halides is 3. The van der Waals surface area contributed by atoms with Crippen molar-refractivity contribution in [3.05, 3.63) is 59.7 Å². The molecule has 0 saturated heterocycles. The van der Waals surface area contributed by atoms with E-state index in [1.165, 1.54) is 0 Å². The molecule has 0 aromatic heterocycles. The summed E-state index contributed by atoms with van der Waals surface area (Å²) in [5, 5.41) is 11.5. The van der Waals surface area contributed by atoms with Crippen LogP contribution in [0, 0.1) is 5.41 Å². The second-order valence-electron chi connectivity index (χ2n) is 8.98. The second kappa shape index (κ2) is 9.59. The molecule has 0 aliphatic heterocycles. The van der Waals surface area contributed by atoms with Gasteiger partial charge in [-0.2, -0.15) is 13.2 Å². The molecule has 0 unspecified atom stereocenters. The molecule has 186 valence electrons. The Hall–Kier alpha value is -3.56. The summed E-state index contributed by atoms with van der Waals surface area (Å²) in [7, 11) is 0. The number of amides is 2. The fraction of sp³-hybridized carbons (Fsp3) is 0.400. The first-order valence-corrected chi connectivity index (χ1v) is 11.3. The number of nitrogens with one attached hydrogen (secondary N) is 1. The minimum absolute atomic E-state index is 0.0556. The quantitative estimate of drug-likeness (QED) is 0.579. The zero-order chi connectivity index (χ0) is 25.2. The van der Waals surface area contributed by atoms with Crippen molar-refractivity contribution in [2.75, 3.05) is 26.2 Å². The summed E-state index contributed by atoms with van der Waals surface area (Å²) in [6, 6.07) is 15.7. The lowest BCUT2D eigenvalue weighted by atomic mass is 9.67. The molecule has 2 aliphatic rings. The lowest BCUT2D eigenvalue weighted by molar-refractivity contribution is -0.174. The van der Waals surface area contributed by atoms with Gasteiger partial charge in [-0.15, -0.1) is 0 Å². The van der Waals surface area contributed by atoms with Gasteiger partial charge in [0.25, 0.3) is 0 Å². The van der Waals surface area contributed by atoms with Gasteiger partial charge in [-0.05, 0) is 35.1 Å². The molecule has 1 saturated carbocycles. The number of ether oxygens (including phenoxy) is 1. The van der Waals surface area contributed by atoms with Gasteiger partial charge < -0.3 is 20.1 Å². The molecule has 7 nitrogen and oxygen atoms in total. The zero-order valence-corrected chi connectivity index (χ0v) is 18.8. The molecule has 1 fully saturated rings. The number of carboxylic acids is 1. The van der Waals surface area contributed by atoms with Crippen LogP contribution < -0.4 is 5.32 Å². The van der Waals surface area contributed by atoms with Gasteiger partial charge in [-0.25, -0.2) is 4.79 Å². The third-order valence-electron chi connectivity index (χ3n) is 6.66. The summed E-state index contributed by atoms with van der Waals surface area (Å²) in [4.78, 5) is 36.7. The first kappa shape index (κ1) is 24.6. The molecule has 0 heterocycles. The van der Waals surface area contributed by atoms with Gasteiger partial charge in [0, 0.05) is 12.5 Å². The largest absolute Gasteiger partial charge is 0.480 e. The first-order valence-electron chi connectivity index (χ1n) is 11.3. The van der Waals surface area contributed by atoms with Crippen molar-refractivity contribution in [3.8, 4) is 11.1 Å². The maximum absolute atomic E-state index is 12.9. The van der Waals surface area contributed by atoms with E-state index in [4.69, 9.17) is 9.84 Å². The smallest absolute Gasteiger partial charge is 0.407 e. The van der Waals surface area contributed by atoms with Crippen LogP contribution in [-0.4, -0.2) is 60.4 Å². The predicted octanol–water partition coefficient (Wildman–Crippen LogP) is 4.17. The maximum atomic E-state index is 12.9. The van der Waals surface area contributed by atoms with Crippen molar-refractivity contribution in [1.29, 1.82) is 0 Å². The lowest BCUT2D eigenvalue weighted by Crippen LogP contribution is -2.56. The maximum Gasteiger partial charge on any atom is 0.407 e.